The Hall–Kier alpha value is -3.86. The maximum atomic E-state index is 13.9. The third kappa shape index (κ3) is 6.60. The van der Waals surface area contributed by atoms with E-state index in [9.17, 15) is 27.7 Å². The van der Waals surface area contributed by atoms with Crippen LogP contribution in [0.25, 0.3) is 0 Å². The smallest absolute Gasteiger partial charge is 0.416 e. The summed E-state index contributed by atoms with van der Waals surface area (Å²) in [7, 11) is 0. The van der Waals surface area contributed by atoms with E-state index < -0.39 is 28.2 Å². The number of hydrogen-bond donors (Lipinski definition) is 1. The normalized spacial score (nSPS) is 11.5. The minimum atomic E-state index is -4.73. The van der Waals surface area contributed by atoms with Gasteiger partial charge in [0.05, 0.1) is 28.3 Å². The van der Waals surface area contributed by atoms with E-state index in [1.54, 1.807) is 25.1 Å². The van der Waals surface area contributed by atoms with Crippen molar-refractivity contribution in [2.45, 2.75) is 19.7 Å². The summed E-state index contributed by atoms with van der Waals surface area (Å²) in [6, 6.07) is 11.1. The molecule has 0 atom stereocenters. The molecule has 0 aliphatic carbocycles. The summed E-state index contributed by atoms with van der Waals surface area (Å²) in [6.07, 6.45) is -3.48. The standard InChI is InChI=1S/C23H18ClF4N3O4/c1-2-34-21-10-14(9-17(24)22(21)35-13-15-5-3-4-6-18(15)25)12-29-30-19-8-7-16(23(26,27)28)11-20(19)31(32)33/h3-12,30H,2,13H2,1H3/b29-12-. The minimum absolute atomic E-state index is 0.0982. The summed E-state index contributed by atoms with van der Waals surface area (Å²) >= 11 is 6.32. The summed E-state index contributed by atoms with van der Waals surface area (Å²) in [4.78, 5) is 10.2. The molecular weight excluding hydrogens is 494 g/mol. The second-order valence-electron chi connectivity index (χ2n) is 7.00. The average Bonchev–Trinajstić information content (AvgIpc) is 2.79. The molecule has 0 spiro atoms. The number of nitro benzene ring substituents is 1. The molecule has 0 saturated heterocycles. The molecule has 0 aliphatic heterocycles. The number of alkyl halides is 3. The van der Waals surface area contributed by atoms with Crippen LogP contribution in [-0.2, 0) is 12.8 Å². The van der Waals surface area contributed by atoms with Crippen LogP contribution in [0.4, 0.5) is 28.9 Å². The van der Waals surface area contributed by atoms with Crippen molar-refractivity contribution in [2.75, 3.05) is 12.0 Å². The maximum absolute atomic E-state index is 13.9. The highest BCUT2D eigenvalue weighted by Gasteiger charge is 2.33. The number of benzene rings is 3. The molecule has 0 unspecified atom stereocenters. The molecule has 0 bridgehead atoms. The molecule has 0 aliphatic rings. The van der Waals surface area contributed by atoms with Gasteiger partial charge in [-0.1, -0.05) is 29.8 Å². The zero-order valence-corrected chi connectivity index (χ0v) is 18.9. The Morgan fingerprint density at radius 2 is 1.89 bits per heavy atom. The van der Waals surface area contributed by atoms with Crippen molar-refractivity contribution in [1.29, 1.82) is 0 Å². The van der Waals surface area contributed by atoms with Gasteiger partial charge in [0, 0.05) is 11.6 Å². The monoisotopic (exact) mass is 511 g/mol. The number of halogens is 5. The van der Waals surface area contributed by atoms with Crippen molar-refractivity contribution in [2.24, 2.45) is 5.10 Å². The van der Waals surface area contributed by atoms with Gasteiger partial charge in [-0.05, 0) is 42.8 Å². The number of hydrazone groups is 1. The Kier molecular flexibility index (Phi) is 8.13. The van der Waals surface area contributed by atoms with Crippen molar-refractivity contribution in [1.82, 2.24) is 0 Å². The third-order valence-corrected chi connectivity index (χ3v) is 4.86. The molecule has 12 heteroatoms. The largest absolute Gasteiger partial charge is 0.490 e. The lowest BCUT2D eigenvalue weighted by atomic mass is 10.1. The van der Waals surface area contributed by atoms with Crippen molar-refractivity contribution in [3.8, 4) is 11.5 Å². The molecule has 0 aromatic heterocycles. The second kappa shape index (κ2) is 11.0. The molecule has 7 nitrogen and oxygen atoms in total. The number of nitrogens with one attached hydrogen (secondary N) is 1. The Balaban J connectivity index is 1.81. The van der Waals surface area contributed by atoms with Crippen LogP contribution in [-0.4, -0.2) is 17.7 Å². The fraction of sp³-hybridized carbons (Fsp3) is 0.174. The molecule has 35 heavy (non-hydrogen) atoms. The highest BCUT2D eigenvalue weighted by Crippen LogP contribution is 2.37. The lowest BCUT2D eigenvalue weighted by molar-refractivity contribution is -0.384. The van der Waals surface area contributed by atoms with Gasteiger partial charge < -0.3 is 9.47 Å². The summed E-state index contributed by atoms with van der Waals surface area (Å²) in [5.41, 5.74) is 0.903. The van der Waals surface area contributed by atoms with Crippen LogP contribution in [0.3, 0.4) is 0 Å². The molecule has 0 saturated carbocycles. The van der Waals surface area contributed by atoms with E-state index in [-0.39, 0.29) is 35.4 Å². The van der Waals surface area contributed by atoms with Crippen LogP contribution < -0.4 is 14.9 Å². The van der Waals surface area contributed by atoms with Gasteiger partial charge in [0.1, 0.15) is 18.1 Å². The number of rotatable bonds is 9. The van der Waals surface area contributed by atoms with Gasteiger partial charge in [-0.15, -0.1) is 0 Å². The van der Waals surface area contributed by atoms with E-state index in [2.05, 4.69) is 10.5 Å². The zero-order chi connectivity index (χ0) is 25.6. The van der Waals surface area contributed by atoms with E-state index in [0.29, 0.717) is 23.3 Å². The molecule has 184 valence electrons. The van der Waals surface area contributed by atoms with Gasteiger partial charge in [-0.25, -0.2) is 4.39 Å². The molecule has 3 aromatic carbocycles. The number of hydrogen-bond acceptors (Lipinski definition) is 6. The first-order valence-corrected chi connectivity index (χ1v) is 10.4. The number of nitro groups is 1. The lowest BCUT2D eigenvalue weighted by Gasteiger charge is -2.14. The van der Waals surface area contributed by atoms with Crippen molar-refractivity contribution < 1.29 is 32.0 Å². The molecule has 0 amide bonds. The van der Waals surface area contributed by atoms with Gasteiger partial charge >= 0.3 is 6.18 Å². The molecule has 0 fully saturated rings. The first kappa shape index (κ1) is 25.8. The lowest BCUT2D eigenvalue weighted by Crippen LogP contribution is -2.06. The van der Waals surface area contributed by atoms with Gasteiger partial charge in [0.15, 0.2) is 11.5 Å². The minimum Gasteiger partial charge on any atom is -0.490 e. The van der Waals surface area contributed by atoms with Crippen molar-refractivity contribution in [3.05, 3.63) is 92.2 Å². The molecule has 1 N–H and O–H groups in total. The first-order valence-electron chi connectivity index (χ1n) is 10.1. The molecule has 0 heterocycles. The summed E-state index contributed by atoms with van der Waals surface area (Å²) < 4.78 is 63.7. The van der Waals surface area contributed by atoms with E-state index >= 15 is 0 Å². The highest BCUT2D eigenvalue weighted by molar-refractivity contribution is 6.32. The van der Waals surface area contributed by atoms with Crippen LogP contribution in [0.5, 0.6) is 11.5 Å². The predicted octanol–water partition coefficient (Wildman–Crippen LogP) is 6.83. The van der Waals surface area contributed by atoms with Gasteiger partial charge in [-0.3, -0.25) is 15.5 Å². The van der Waals surface area contributed by atoms with E-state index in [4.69, 9.17) is 21.1 Å². The Bertz CT molecular complexity index is 1250. The molecule has 3 aromatic rings. The summed E-state index contributed by atoms with van der Waals surface area (Å²) in [5, 5.41) is 15.2. The van der Waals surface area contributed by atoms with Gasteiger partial charge in [0.2, 0.25) is 0 Å². The van der Waals surface area contributed by atoms with Crippen LogP contribution in [0.1, 0.15) is 23.6 Å². The van der Waals surface area contributed by atoms with Crippen molar-refractivity contribution >= 4 is 29.2 Å². The number of ether oxygens (including phenoxy) is 2. The predicted molar refractivity (Wildman–Crippen MR) is 123 cm³/mol. The molecule has 3 rings (SSSR count). The van der Waals surface area contributed by atoms with Gasteiger partial charge in [0.25, 0.3) is 5.69 Å². The first-order chi connectivity index (χ1) is 16.6. The fourth-order valence-corrected chi connectivity index (χ4v) is 3.23. The number of nitrogens with zero attached hydrogens (tertiary/aromatic N) is 2. The van der Waals surface area contributed by atoms with Crippen LogP contribution >= 0.6 is 11.6 Å². The van der Waals surface area contributed by atoms with E-state index in [1.807, 2.05) is 0 Å². The summed E-state index contributed by atoms with van der Waals surface area (Å²) in [6.45, 7) is 1.91. The molecule has 0 radical (unpaired) electrons. The Morgan fingerprint density at radius 3 is 2.54 bits per heavy atom. The van der Waals surface area contributed by atoms with Crippen molar-refractivity contribution in [3.63, 3.8) is 0 Å². The molecular formula is C23H18ClF4N3O4. The zero-order valence-electron chi connectivity index (χ0n) is 18.1. The van der Waals surface area contributed by atoms with Gasteiger partial charge in [-0.2, -0.15) is 18.3 Å². The Morgan fingerprint density at radius 1 is 1.14 bits per heavy atom. The highest BCUT2D eigenvalue weighted by atomic mass is 35.5. The quantitative estimate of drug-likeness (QED) is 0.147. The van der Waals surface area contributed by atoms with Crippen LogP contribution in [0.2, 0.25) is 5.02 Å². The fourth-order valence-electron chi connectivity index (χ4n) is 2.96. The van der Waals surface area contributed by atoms with Crippen LogP contribution in [0.15, 0.2) is 59.7 Å². The van der Waals surface area contributed by atoms with Crippen LogP contribution in [0, 0.1) is 15.9 Å². The average molecular weight is 512 g/mol. The third-order valence-electron chi connectivity index (χ3n) is 4.58. The topological polar surface area (TPSA) is 86.0 Å². The maximum Gasteiger partial charge on any atom is 0.416 e. The SMILES string of the molecule is CCOc1cc(/C=N\Nc2ccc(C(F)(F)F)cc2[N+](=O)[O-])cc(Cl)c1OCc1ccccc1F. The summed E-state index contributed by atoms with van der Waals surface area (Å²) in [5.74, 6) is -0.00711. The van der Waals surface area contributed by atoms with E-state index in [0.717, 1.165) is 6.07 Å². The van der Waals surface area contributed by atoms with E-state index in [1.165, 1.54) is 24.4 Å². The number of anilines is 1. The Labute approximate surface area is 202 Å². The second-order valence-corrected chi connectivity index (χ2v) is 7.41.